The Morgan fingerprint density at radius 3 is 2.14 bits per heavy atom. The van der Waals surface area contributed by atoms with Crippen LogP contribution in [0.2, 0.25) is 0 Å². The number of ether oxygens (including phenoxy) is 4. The van der Waals surface area contributed by atoms with Gasteiger partial charge in [-0.05, 0) is 48.9 Å². The van der Waals surface area contributed by atoms with Gasteiger partial charge in [0.15, 0.2) is 11.5 Å². The summed E-state index contributed by atoms with van der Waals surface area (Å²) in [6.07, 6.45) is 0. The monoisotopic (exact) mass is 663 g/mol. The molecule has 0 spiro atoms. The van der Waals surface area contributed by atoms with Crippen LogP contribution in [0, 0.1) is 0 Å². The molecule has 0 aromatic heterocycles. The van der Waals surface area contributed by atoms with Gasteiger partial charge in [0.2, 0.25) is 11.8 Å². The molecule has 0 fully saturated rings. The van der Waals surface area contributed by atoms with Gasteiger partial charge in [-0.3, -0.25) is 13.9 Å². The summed E-state index contributed by atoms with van der Waals surface area (Å²) in [5, 5.41) is 2.56. The molecule has 1 N–H and O–H groups in total. The van der Waals surface area contributed by atoms with Gasteiger partial charge in [0.1, 0.15) is 24.1 Å². The van der Waals surface area contributed by atoms with Crippen LogP contribution in [-0.2, 0) is 26.2 Å². The molecule has 3 aromatic rings. The molecular formula is C29H34BrN3O8S. The van der Waals surface area contributed by atoms with E-state index >= 15 is 0 Å². The van der Waals surface area contributed by atoms with E-state index in [-0.39, 0.29) is 28.6 Å². The van der Waals surface area contributed by atoms with Gasteiger partial charge in [-0.2, -0.15) is 0 Å². The number of rotatable bonds is 13. The number of amides is 2. The second-order valence-electron chi connectivity index (χ2n) is 9.01. The number of likely N-dealkylation sites (N-methyl/N-ethyl adjacent to an activating group) is 1. The van der Waals surface area contributed by atoms with Crippen LogP contribution in [0.3, 0.4) is 0 Å². The zero-order valence-electron chi connectivity index (χ0n) is 24.2. The number of hydrogen-bond donors (Lipinski definition) is 1. The van der Waals surface area contributed by atoms with Crippen LogP contribution in [0.15, 0.2) is 70.0 Å². The smallest absolute Gasteiger partial charge is 0.265 e. The molecule has 0 bridgehead atoms. The van der Waals surface area contributed by atoms with Gasteiger partial charge in [-0.15, -0.1) is 0 Å². The van der Waals surface area contributed by atoms with Crippen molar-refractivity contribution in [2.24, 2.45) is 0 Å². The Bertz CT molecular complexity index is 1530. The maximum Gasteiger partial charge on any atom is 0.265 e. The summed E-state index contributed by atoms with van der Waals surface area (Å²) in [4.78, 5) is 27.9. The third-order valence-corrected chi connectivity index (χ3v) is 8.78. The van der Waals surface area contributed by atoms with Gasteiger partial charge in [0.05, 0.1) is 39.0 Å². The van der Waals surface area contributed by atoms with Crippen molar-refractivity contribution in [3.63, 3.8) is 0 Å². The van der Waals surface area contributed by atoms with Gasteiger partial charge in [-0.25, -0.2) is 8.42 Å². The standard InChI is InChI=1S/C29H34BrN3O8S/c1-19(29(35)31-2)32(17-20-8-7-9-21(30)14-20)28(34)18-33(24-15-22(38-3)10-12-25(24)39-4)42(36,37)23-11-13-26(40-5)27(16-23)41-6/h7-16,19H,17-18H2,1-6H3,(H,31,35)/t19-/m1/s1. The molecule has 0 saturated carbocycles. The highest BCUT2D eigenvalue weighted by atomic mass is 79.9. The number of nitrogens with zero attached hydrogens (tertiary/aromatic N) is 2. The quantitative estimate of drug-likeness (QED) is 0.293. The predicted molar refractivity (Wildman–Crippen MR) is 162 cm³/mol. The number of nitrogens with one attached hydrogen (secondary N) is 1. The van der Waals surface area contributed by atoms with Crippen molar-refractivity contribution in [3.8, 4) is 23.0 Å². The summed E-state index contributed by atoms with van der Waals surface area (Å²) in [5.74, 6) is 0.0113. The Hall–Kier alpha value is -3.97. The molecule has 0 aliphatic rings. The summed E-state index contributed by atoms with van der Waals surface area (Å²) in [7, 11) is 2.70. The van der Waals surface area contributed by atoms with Crippen LogP contribution < -0.4 is 28.6 Å². The lowest BCUT2D eigenvalue weighted by atomic mass is 10.1. The van der Waals surface area contributed by atoms with Crippen molar-refractivity contribution in [1.29, 1.82) is 0 Å². The van der Waals surface area contributed by atoms with Crippen molar-refractivity contribution in [3.05, 3.63) is 70.7 Å². The average Bonchev–Trinajstić information content (AvgIpc) is 3.00. The van der Waals surface area contributed by atoms with Crippen molar-refractivity contribution >= 4 is 43.5 Å². The van der Waals surface area contributed by atoms with E-state index in [9.17, 15) is 18.0 Å². The molecule has 0 heterocycles. The maximum atomic E-state index is 14.3. The number of carbonyl (C=O) groups excluding carboxylic acids is 2. The van der Waals surface area contributed by atoms with Crippen LogP contribution in [0.25, 0.3) is 0 Å². The van der Waals surface area contributed by atoms with E-state index in [1.165, 1.54) is 64.7 Å². The van der Waals surface area contributed by atoms with E-state index in [1.54, 1.807) is 19.1 Å². The topological polar surface area (TPSA) is 124 Å². The Kier molecular flexibility index (Phi) is 11.1. The average molecular weight is 665 g/mol. The number of sulfonamides is 1. The zero-order chi connectivity index (χ0) is 31.0. The molecule has 0 unspecified atom stereocenters. The molecule has 0 saturated heterocycles. The van der Waals surface area contributed by atoms with Crippen molar-refractivity contribution in [2.45, 2.75) is 24.4 Å². The first kappa shape index (κ1) is 32.5. The predicted octanol–water partition coefficient (Wildman–Crippen LogP) is 3.84. The highest BCUT2D eigenvalue weighted by Crippen LogP contribution is 2.37. The maximum absolute atomic E-state index is 14.3. The molecular weight excluding hydrogens is 630 g/mol. The molecule has 226 valence electrons. The lowest BCUT2D eigenvalue weighted by Gasteiger charge is -2.32. The van der Waals surface area contributed by atoms with Crippen molar-refractivity contribution in [1.82, 2.24) is 10.2 Å². The molecule has 42 heavy (non-hydrogen) atoms. The summed E-state index contributed by atoms with van der Waals surface area (Å²) in [6, 6.07) is 15.1. The normalized spacial score (nSPS) is 11.7. The first-order valence-corrected chi connectivity index (χ1v) is 15.0. The summed E-state index contributed by atoms with van der Waals surface area (Å²) in [6.45, 7) is 0.968. The number of hydrogen-bond acceptors (Lipinski definition) is 8. The lowest BCUT2D eigenvalue weighted by molar-refractivity contribution is -0.139. The van der Waals surface area contributed by atoms with Crippen LogP contribution in [-0.4, -0.2) is 73.2 Å². The van der Waals surface area contributed by atoms with Crippen LogP contribution >= 0.6 is 15.9 Å². The Labute approximate surface area is 254 Å². The molecule has 0 aliphatic carbocycles. The van der Waals surface area contributed by atoms with Gasteiger partial charge >= 0.3 is 0 Å². The number of benzene rings is 3. The lowest BCUT2D eigenvalue weighted by Crippen LogP contribution is -2.50. The van der Waals surface area contributed by atoms with Crippen molar-refractivity contribution < 1.29 is 37.0 Å². The SMILES string of the molecule is CNC(=O)[C@@H](C)N(Cc1cccc(Br)c1)C(=O)CN(c1cc(OC)ccc1OC)S(=O)(=O)c1ccc(OC)c(OC)c1. The molecule has 3 aromatic carbocycles. The molecule has 2 amide bonds. The van der Waals surface area contributed by atoms with Crippen LogP contribution in [0.1, 0.15) is 12.5 Å². The third-order valence-electron chi connectivity index (χ3n) is 6.53. The fourth-order valence-electron chi connectivity index (χ4n) is 4.23. The molecule has 1 atom stereocenters. The summed E-state index contributed by atoms with van der Waals surface area (Å²) < 4.78 is 51.7. The number of anilines is 1. The third kappa shape index (κ3) is 7.26. The Morgan fingerprint density at radius 2 is 1.55 bits per heavy atom. The minimum Gasteiger partial charge on any atom is -0.497 e. The second-order valence-corrected chi connectivity index (χ2v) is 11.8. The molecule has 0 radical (unpaired) electrons. The Morgan fingerprint density at radius 1 is 0.881 bits per heavy atom. The second kappa shape index (κ2) is 14.3. The van der Waals surface area contributed by atoms with E-state index in [0.717, 1.165) is 14.3 Å². The van der Waals surface area contributed by atoms with Crippen LogP contribution in [0.4, 0.5) is 5.69 Å². The number of methoxy groups -OCH3 is 4. The van der Waals surface area contributed by atoms with E-state index in [4.69, 9.17) is 18.9 Å². The fraction of sp³-hybridized carbons (Fsp3) is 0.310. The zero-order valence-corrected chi connectivity index (χ0v) is 26.6. The van der Waals surface area contributed by atoms with E-state index < -0.39 is 34.4 Å². The largest absolute Gasteiger partial charge is 0.497 e. The van der Waals surface area contributed by atoms with E-state index in [2.05, 4.69) is 21.2 Å². The van der Waals surface area contributed by atoms with Gasteiger partial charge in [-0.1, -0.05) is 28.1 Å². The first-order valence-electron chi connectivity index (χ1n) is 12.7. The number of halogens is 1. The van der Waals surface area contributed by atoms with Gasteiger partial charge < -0.3 is 29.2 Å². The van der Waals surface area contributed by atoms with Gasteiger partial charge in [0, 0.05) is 30.2 Å². The fourth-order valence-corrected chi connectivity index (χ4v) is 6.11. The summed E-state index contributed by atoms with van der Waals surface area (Å²) >= 11 is 3.43. The van der Waals surface area contributed by atoms with Gasteiger partial charge in [0.25, 0.3) is 10.0 Å². The first-order chi connectivity index (χ1) is 20.0. The summed E-state index contributed by atoms with van der Waals surface area (Å²) in [5.41, 5.74) is 0.803. The van der Waals surface area contributed by atoms with E-state index in [0.29, 0.717) is 11.5 Å². The highest BCUT2D eigenvalue weighted by Gasteiger charge is 2.34. The molecule has 3 rings (SSSR count). The molecule has 0 aliphatic heterocycles. The van der Waals surface area contributed by atoms with Crippen LogP contribution in [0.5, 0.6) is 23.0 Å². The number of carbonyl (C=O) groups is 2. The minimum absolute atomic E-state index is 0.0480. The highest BCUT2D eigenvalue weighted by molar-refractivity contribution is 9.10. The Balaban J connectivity index is 2.18. The molecule has 13 heteroatoms. The minimum atomic E-state index is -4.42. The van der Waals surface area contributed by atoms with Crippen molar-refractivity contribution in [2.75, 3.05) is 46.3 Å². The van der Waals surface area contributed by atoms with E-state index in [1.807, 2.05) is 24.3 Å². The molecule has 11 nitrogen and oxygen atoms in total.